The molecule has 3 aromatic heterocycles. The van der Waals surface area contributed by atoms with Gasteiger partial charge in [0.15, 0.2) is 5.13 Å². The molecular formula is C19H20N4O2S2. The fraction of sp³-hybridized carbons (Fsp3) is 0.316. The van der Waals surface area contributed by atoms with Gasteiger partial charge >= 0.3 is 0 Å². The Balaban J connectivity index is 1.40. The molecule has 0 saturated carbocycles. The third kappa shape index (κ3) is 3.81. The number of likely N-dealkylation sites (tertiary alicyclic amines) is 1. The van der Waals surface area contributed by atoms with Crippen molar-refractivity contribution in [2.24, 2.45) is 7.05 Å². The van der Waals surface area contributed by atoms with Crippen molar-refractivity contribution in [3.05, 3.63) is 57.5 Å². The molecule has 1 atom stereocenters. The number of aromatic nitrogens is 2. The summed E-state index contributed by atoms with van der Waals surface area (Å²) in [6.07, 6.45) is 4.27. The molecule has 1 unspecified atom stereocenters. The molecule has 1 saturated heterocycles. The van der Waals surface area contributed by atoms with Crippen LogP contribution in [0.15, 0.2) is 41.2 Å². The second kappa shape index (κ2) is 7.66. The van der Waals surface area contributed by atoms with E-state index in [0.717, 1.165) is 19.4 Å². The minimum absolute atomic E-state index is 0.0835. The molecule has 6 nitrogen and oxygen atoms in total. The Hall–Kier alpha value is -2.45. The van der Waals surface area contributed by atoms with Crippen LogP contribution in [-0.2, 0) is 18.3 Å². The zero-order valence-corrected chi connectivity index (χ0v) is 16.6. The van der Waals surface area contributed by atoms with Gasteiger partial charge in [0.2, 0.25) is 5.91 Å². The highest BCUT2D eigenvalue weighted by Crippen LogP contribution is 2.32. The Labute approximate surface area is 165 Å². The molecule has 8 heteroatoms. The van der Waals surface area contributed by atoms with Crippen LogP contribution in [0.25, 0.3) is 0 Å². The quantitative estimate of drug-likeness (QED) is 0.710. The van der Waals surface area contributed by atoms with E-state index in [1.54, 1.807) is 6.07 Å². The smallest absolute Gasteiger partial charge is 0.267 e. The van der Waals surface area contributed by atoms with E-state index in [0.29, 0.717) is 15.7 Å². The van der Waals surface area contributed by atoms with Crippen LogP contribution in [0.3, 0.4) is 0 Å². The highest BCUT2D eigenvalue weighted by atomic mass is 32.1. The molecule has 0 radical (unpaired) electrons. The van der Waals surface area contributed by atoms with Crippen LogP contribution in [0.5, 0.6) is 0 Å². The van der Waals surface area contributed by atoms with Crippen molar-refractivity contribution < 1.29 is 9.59 Å². The molecule has 140 valence electrons. The number of hydrogen-bond acceptors (Lipinski definition) is 5. The first-order valence-electron chi connectivity index (χ1n) is 8.82. The highest BCUT2D eigenvalue weighted by Gasteiger charge is 2.31. The molecule has 0 spiro atoms. The molecule has 1 aliphatic heterocycles. The summed E-state index contributed by atoms with van der Waals surface area (Å²) in [4.78, 5) is 32.0. The van der Waals surface area contributed by atoms with Gasteiger partial charge in [0.1, 0.15) is 0 Å². The average molecular weight is 401 g/mol. The van der Waals surface area contributed by atoms with Crippen molar-refractivity contribution in [3.63, 3.8) is 0 Å². The molecule has 1 N–H and O–H groups in total. The monoisotopic (exact) mass is 400 g/mol. The van der Waals surface area contributed by atoms with Crippen molar-refractivity contribution in [1.82, 2.24) is 14.5 Å². The summed E-state index contributed by atoms with van der Waals surface area (Å²) in [7, 11) is 2.01. The molecule has 4 rings (SSSR count). The van der Waals surface area contributed by atoms with Crippen molar-refractivity contribution in [2.75, 3.05) is 11.9 Å². The Kier molecular flexibility index (Phi) is 5.09. The minimum atomic E-state index is -0.166. The maximum absolute atomic E-state index is 12.8. The number of thiophene rings is 1. The van der Waals surface area contributed by atoms with Gasteiger partial charge in [-0.3, -0.25) is 14.9 Å². The lowest BCUT2D eigenvalue weighted by Crippen LogP contribution is -2.32. The summed E-state index contributed by atoms with van der Waals surface area (Å²) < 4.78 is 2.08. The summed E-state index contributed by atoms with van der Waals surface area (Å²) in [5.41, 5.74) is 1.87. The number of rotatable bonds is 5. The lowest BCUT2D eigenvalue weighted by Gasteiger charge is -2.25. The second-order valence-electron chi connectivity index (χ2n) is 6.54. The Bertz CT molecular complexity index is 945. The van der Waals surface area contributed by atoms with Crippen LogP contribution in [0.1, 0.15) is 39.9 Å². The van der Waals surface area contributed by atoms with E-state index in [2.05, 4.69) is 20.9 Å². The highest BCUT2D eigenvalue weighted by molar-refractivity contribution is 7.14. The van der Waals surface area contributed by atoms with Gasteiger partial charge in [0.25, 0.3) is 5.91 Å². The van der Waals surface area contributed by atoms with Gasteiger partial charge in [0, 0.05) is 30.9 Å². The van der Waals surface area contributed by atoms with E-state index in [9.17, 15) is 9.59 Å². The largest absolute Gasteiger partial charge is 0.353 e. The number of thiazole rings is 1. The van der Waals surface area contributed by atoms with Gasteiger partial charge in [-0.1, -0.05) is 6.07 Å². The average Bonchev–Trinajstić information content (AvgIpc) is 3.42. The van der Waals surface area contributed by atoms with Gasteiger partial charge in [-0.15, -0.1) is 22.7 Å². The minimum Gasteiger partial charge on any atom is -0.353 e. The normalized spacial score (nSPS) is 16.6. The van der Waals surface area contributed by atoms with Crippen LogP contribution in [0, 0.1) is 0 Å². The van der Waals surface area contributed by atoms with Crippen molar-refractivity contribution in [2.45, 2.75) is 25.3 Å². The first kappa shape index (κ1) is 17.9. The van der Waals surface area contributed by atoms with Crippen LogP contribution in [-0.4, -0.2) is 32.8 Å². The molecule has 1 fully saturated rings. The maximum atomic E-state index is 12.8. The van der Waals surface area contributed by atoms with Crippen LogP contribution in [0.4, 0.5) is 5.13 Å². The number of aryl methyl sites for hydroxylation is 1. The van der Waals surface area contributed by atoms with Gasteiger partial charge in [-0.05, 0) is 36.4 Å². The number of amides is 2. The molecule has 2 amide bonds. The summed E-state index contributed by atoms with van der Waals surface area (Å²) in [5.74, 6) is -0.0827. The molecular weight excluding hydrogens is 380 g/mol. The van der Waals surface area contributed by atoms with Gasteiger partial charge in [-0.25, -0.2) is 4.98 Å². The van der Waals surface area contributed by atoms with E-state index in [4.69, 9.17) is 0 Å². The Morgan fingerprint density at radius 1 is 1.30 bits per heavy atom. The number of nitrogens with one attached hydrogen (secondary N) is 1. The van der Waals surface area contributed by atoms with Crippen LogP contribution >= 0.6 is 22.7 Å². The Morgan fingerprint density at radius 2 is 2.19 bits per heavy atom. The topological polar surface area (TPSA) is 67.2 Å². The number of carbonyl (C=O) groups excluding carboxylic acids is 2. The zero-order chi connectivity index (χ0) is 18.8. The van der Waals surface area contributed by atoms with Gasteiger partial charge < -0.3 is 9.47 Å². The second-order valence-corrected chi connectivity index (χ2v) is 8.35. The lowest BCUT2D eigenvalue weighted by molar-refractivity contribution is -0.131. The SMILES string of the molecule is Cn1cccc1C1CCCN1C(=O)Cc1csc(NC(=O)c2cccs2)n1. The third-order valence-electron chi connectivity index (χ3n) is 4.75. The Morgan fingerprint density at radius 3 is 2.93 bits per heavy atom. The van der Waals surface area contributed by atoms with Gasteiger partial charge in [-0.2, -0.15) is 0 Å². The van der Waals surface area contributed by atoms with Crippen LogP contribution < -0.4 is 5.32 Å². The van der Waals surface area contributed by atoms with E-state index >= 15 is 0 Å². The number of hydrogen-bond donors (Lipinski definition) is 1. The van der Waals surface area contributed by atoms with E-state index in [1.807, 2.05) is 41.0 Å². The van der Waals surface area contributed by atoms with E-state index in [-0.39, 0.29) is 24.3 Å². The maximum Gasteiger partial charge on any atom is 0.267 e. The first-order valence-corrected chi connectivity index (χ1v) is 10.6. The predicted octanol–water partition coefficient (Wildman–Crippen LogP) is 3.70. The molecule has 3 aromatic rings. The summed E-state index contributed by atoms with van der Waals surface area (Å²) in [5, 5.41) is 7.03. The standard InChI is InChI=1S/C19H20N4O2S2/c1-22-8-2-5-14(22)15-6-3-9-23(15)17(24)11-13-12-27-19(20-13)21-18(25)16-7-4-10-26-16/h2,4-5,7-8,10,12,15H,3,6,9,11H2,1H3,(H,20,21,25). The summed E-state index contributed by atoms with van der Waals surface area (Å²) in [6, 6.07) is 7.84. The van der Waals surface area contributed by atoms with Crippen molar-refractivity contribution in [3.8, 4) is 0 Å². The van der Waals surface area contributed by atoms with Crippen molar-refractivity contribution in [1.29, 1.82) is 0 Å². The van der Waals surface area contributed by atoms with Crippen LogP contribution in [0.2, 0.25) is 0 Å². The molecule has 0 aliphatic carbocycles. The summed E-state index contributed by atoms with van der Waals surface area (Å²) >= 11 is 2.73. The number of anilines is 1. The lowest BCUT2D eigenvalue weighted by atomic mass is 10.1. The number of nitrogens with zero attached hydrogens (tertiary/aromatic N) is 3. The molecule has 0 bridgehead atoms. The zero-order valence-electron chi connectivity index (χ0n) is 14.9. The number of carbonyl (C=O) groups is 2. The molecule has 1 aliphatic rings. The fourth-order valence-corrected chi connectivity index (χ4v) is 4.79. The van der Waals surface area contributed by atoms with E-state index < -0.39 is 0 Å². The molecule has 27 heavy (non-hydrogen) atoms. The molecule has 0 aromatic carbocycles. The third-order valence-corrected chi connectivity index (χ3v) is 6.42. The first-order chi connectivity index (χ1) is 13.1. The predicted molar refractivity (Wildman–Crippen MR) is 107 cm³/mol. The van der Waals surface area contributed by atoms with Crippen molar-refractivity contribution >= 4 is 39.6 Å². The fourth-order valence-electron chi connectivity index (χ4n) is 3.46. The molecule has 4 heterocycles. The summed E-state index contributed by atoms with van der Waals surface area (Å²) in [6.45, 7) is 0.779. The van der Waals surface area contributed by atoms with E-state index in [1.165, 1.54) is 28.4 Å². The van der Waals surface area contributed by atoms with Gasteiger partial charge in [0.05, 0.1) is 23.0 Å².